The fourth-order valence-electron chi connectivity index (χ4n) is 2.69. The summed E-state index contributed by atoms with van der Waals surface area (Å²) in [5.41, 5.74) is 1.51. The van der Waals surface area contributed by atoms with E-state index in [0.29, 0.717) is 6.42 Å². The van der Waals surface area contributed by atoms with Crippen molar-refractivity contribution in [1.82, 2.24) is 0 Å². The monoisotopic (exact) mass is 370 g/mol. The highest BCUT2D eigenvalue weighted by atomic mass is 16.8. The first kappa shape index (κ1) is 20.6. The quantitative estimate of drug-likeness (QED) is 0.691. The normalized spacial score (nSPS) is 38.1. The summed E-state index contributed by atoms with van der Waals surface area (Å²) in [7, 11) is 2.77. The molecule has 0 unspecified atom stereocenters. The minimum Gasteiger partial charge on any atom is -0.463 e. The summed E-state index contributed by atoms with van der Waals surface area (Å²) < 4.78 is 32.9. The van der Waals surface area contributed by atoms with Gasteiger partial charge in [0.2, 0.25) is 11.6 Å². The third kappa shape index (κ3) is 3.83. The van der Waals surface area contributed by atoms with Gasteiger partial charge in [0.15, 0.2) is 12.2 Å². The fraction of sp³-hybridized carbons (Fsp3) is 0.667. The molecule has 0 N–H and O–H groups in total. The van der Waals surface area contributed by atoms with Crippen LogP contribution in [-0.2, 0) is 38.0 Å². The number of ether oxygens (including phenoxy) is 6. The Morgan fingerprint density at radius 2 is 1.58 bits per heavy atom. The van der Waals surface area contributed by atoms with Crippen molar-refractivity contribution in [1.29, 1.82) is 0 Å². The van der Waals surface area contributed by atoms with Crippen LogP contribution in [0.4, 0.5) is 0 Å². The van der Waals surface area contributed by atoms with Crippen molar-refractivity contribution >= 4 is 11.9 Å². The van der Waals surface area contributed by atoms with Crippen molar-refractivity contribution < 1.29 is 38.0 Å². The van der Waals surface area contributed by atoms with Crippen LogP contribution >= 0.6 is 0 Å². The Morgan fingerprint density at radius 1 is 1.08 bits per heavy atom. The number of carbonyl (C=O) groups excluding carboxylic acids is 2. The van der Waals surface area contributed by atoms with Gasteiger partial charge in [-0.15, -0.1) is 0 Å². The van der Waals surface area contributed by atoms with Gasteiger partial charge in [-0.1, -0.05) is 18.2 Å². The molecule has 0 aromatic heterocycles. The first-order valence-electron chi connectivity index (χ1n) is 8.31. The lowest BCUT2D eigenvalue weighted by Crippen LogP contribution is -2.68. The molecule has 26 heavy (non-hydrogen) atoms. The molecule has 8 nitrogen and oxygen atoms in total. The van der Waals surface area contributed by atoms with Gasteiger partial charge in [-0.3, -0.25) is 0 Å². The Bertz CT molecular complexity index is 612. The van der Waals surface area contributed by atoms with E-state index in [1.807, 2.05) is 6.08 Å². The fourth-order valence-corrected chi connectivity index (χ4v) is 2.69. The van der Waals surface area contributed by atoms with Crippen molar-refractivity contribution in [2.75, 3.05) is 27.4 Å². The van der Waals surface area contributed by atoms with Gasteiger partial charge >= 0.3 is 11.9 Å². The van der Waals surface area contributed by atoms with Gasteiger partial charge in [0, 0.05) is 20.6 Å². The predicted molar refractivity (Wildman–Crippen MR) is 90.0 cm³/mol. The zero-order valence-corrected chi connectivity index (χ0v) is 15.8. The highest BCUT2D eigenvalue weighted by Crippen LogP contribution is 2.40. The SMILES string of the molecule is C=C(C)/C1=C/CCOC(=O)[C@@H]2O[C@@](C)(OC)[C@](C)(OC)O[C@H]2C(=O)OC1. The third-order valence-electron chi connectivity index (χ3n) is 4.72. The van der Waals surface area contributed by atoms with Crippen molar-refractivity contribution in [2.24, 2.45) is 0 Å². The van der Waals surface area contributed by atoms with Crippen LogP contribution in [0.5, 0.6) is 0 Å². The average molecular weight is 370 g/mol. The molecule has 0 saturated carbocycles. The van der Waals surface area contributed by atoms with E-state index < -0.39 is 35.7 Å². The lowest BCUT2D eigenvalue weighted by Gasteiger charge is -2.50. The van der Waals surface area contributed by atoms with E-state index in [1.165, 1.54) is 14.2 Å². The van der Waals surface area contributed by atoms with Crippen LogP contribution in [0, 0.1) is 0 Å². The number of cyclic esters (lactones) is 2. The van der Waals surface area contributed by atoms with Crippen LogP contribution in [0.15, 0.2) is 23.8 Å². The lowest BCUT2D eigenvalue weighted by atomic mass is 10.0. The number of methoxy groups -OCH3 is 2. The Labute approximate surface area is 153 Å². The van der Waals surface area contributed by atoms with Crippen molar-refractivity contribution in [3.63, 3.8) is 0 Å². The smallest absolute Gasteiger partial charge is 0.339 e. The van der Waals surface area contributed by atoms with E-state index in [4.69, 9.17) is 28.4 Å². The topological polar surface area (TPSA) is 89.5 Å². The summed E-state index contributed by atoms with van der Waals surface area (Å²) in [6.45, 7) is 8.91. The van der Waals surface area contributed by atoms with Crippen LogP contribution in [0.1, 0.15) is 27.2 Å². The highest BCUT2D eigenvalue weighted by molar-refractivity contribution is 5.86. The Kier molecular flexibility index (Phi) is 6.23. The molecule has 2 aliphatic heterocycles. The molecule has 0 bridgehead atoms. The largest absolute Gasteiger partial charge is 0.463 e. The maximum atomic E-state index is 12.6. The van der Waals surface area contributed by atoms with Gasteiger partial charge in [0.25, 0.3) is 0 Å². The molecule has 1 saturated heterocycles. The Balaban J connectivity index is 2.35. The first-order chi connectivity index (χ1) is 12.2. The van der Waals surface area contributed by atoms with Crippen LogP contribution in [0.2, 0.25) is 0 Å². The van der Waals surface area contributed by atoms with Gasteiger partial charge in [0.1, 0.15) is 6.61 Å². The Morgan fingerprint density at radius 3 is 2.04 bits per heavy atom. The number of rotatable bonds is 3. The van der Waals surface area contributed by atoms with Crippen molar-refractivity contribution in [2.45, 2.75) is 51.0 Å². The molecular formula is C18H26O8. The molecule has 0 aliphatic carbocycles. The molecule has 0 amide bonds. The molecular weight excluding hydrogens is 344 g/mol. The van der Waals surface area contributed by atoms with Gasteiger partial charge < -0.3 is 28.4 Å². The van der Waals surface area contributed by atoms with E-state index >= 15 is 0 Å². The number of carbonyl (C=O) groups is 2. The number of hydrogen-bond donors (Lipinski definition) is 0. The van der Waals surface area contributed by atoms with E-state index in [2.05, 4.69) is 6.58 Å². The molecule has 2 aliphatic rings. The van der Waals surface area contributed by atoms with Crippen LogP contribution < -0.4 is 0 Å². The molecule has 2 rings (SSSR count). The summed E-state index contributed by atoms with van der Waals surface area (Å²) in [6, 6.07) is 0. The van der Waals surface area contributed by atoms with E-state index in [1.54, 1.807) is 20.8 Å². The molecule has 146 valence electrons. The second kappa shape index (κ2) is 7.87. The zero-order chi connectivity index (χ0) is 19.5. The van der Waals surface area contributed by atoms with Crippen molar-refractivity contribution in [3.05, 3.63) is 23.8 Å². The van der Waals surface area contributed by atoms with E-state index in [-0.39, 0.29) is 13.2 Å². The summed E-state index contributed by atoms with van der Waals surface area (Å²) in [4.78, 5) is 25.1. The third-order valence-corrected chi connectivity index (χ3v) is 4.72. The van der Waals surface area contributed by atoms with Crippen LogP contribution in [-0.4, -0.2) is 63.2 Å². The molecule has 0 aromatic carbocycles. The lowest BCUT2D eigenvalue weighted by molar-refractivity contribution is -0.439. The van der Waals surface area contributed by atoms with E-state index in [9.17, 15) is 9.59 Å². The number of fused-ring (bicyclic) bond motifs is 1. The molecule has 0 aromatic rings. The second-order valence-electron chi connectivity index (χ2n) is 6.45. The Hall–Kier alpha value is -1.74. The number of esters is 2. The number of hydrogen-bond acceptors (Lipinski definition) is 8. The van der Waals surface area contributed by atoms with Crippen molar-refractivity contribution in [3.8, 4) is 0 Å². The molecule has 2 heterocycles. The maximum Gasteiger partial charge on any atom is 0.339 e. The summed E-state index contributed by atoms with van der Waals surface area (Å²) >= 11 is 0. The van der Waals surface area contributed by atoms with Crippen LogP contribution in [0.25, 0.3) is 0 Å². The predicted octanol–water partition coefficient (Wildman–Crippen LogP) is 1.49. The molecule has 0 radical (unpaired) electrons. The maximum absolute atomic E-state index is 12.6. The van der Waals surface area contributed by atoms with E-state index in [0.717, 1.165) is 11.1 Å². The minimum absolute atomic E-state index is 0.0141. The molecule has 8 heteroatoms. The summed E-state index contributed by atoms with van der Waals surface area (Å²) in [6.07, 6.45) is -0.429. The molecule has 1 fully saturated rings. The zero-order valence-electron chi connectivity index (χ0n) is 15.8. The average Bonchev–Trinajstić information content (AvgIpc) is 2.63. The minimum atomic E-state index is -1.45. The summed E-state index contributed by atoms with van der Waals surface area (Å²) in [5, 5.41) is 0. The van der Waals surface area contributed by atoms with Crippen LogP contribution in [0.3, 0.4) is 0 Å². The van der Waals surface area contributed by atoms with Gasteiger partial charge in [0.05, 0.1) is 6.61 Å². The highest BCUT2D eigenvalue weighted by Gasteiger charge is 2.60. The molecule has 0 spiro atoms. The second-order valence-corrected chi connectivity index (χ2v) is 6.45. The molecule has 4 atom stereocenters. The van der Waals surface area contributed by atoms with Gasteiger partial charge in [-0.25, -0.2) is 9.59 Å². The summed E-state index contributed by atoms with van der Waals surface area (Å²) in [5.74, 6) is -4.39. The van der Waals surface area contributed by atoms with Gasteiger partial charge in [-0.05, 0) is 26.3 Å². The first-order valence-corrected chi connectivity index (χ1v) is 8.31. The van der Waals surface area contributed by atoms with Gasteiger partial charge in [-0.2, -0.15) is 0 Å². The standard InChI is InChI=1S/C18H26O8/c1-11(2)12-8-7-9-23-15(19)13-14(16(20)24-10-12)26-18(4,22-6)17(3,21-5)25-13/h8,13-14H,1,7,9-10H2,2-6H3/b12-8+/t13-,14-,17-,18-/m1/s1.